The van der Waals surface area contributed by atoms with E-state index in [0.29, 0.717) is 24.7 Å². The first-order valence-corrected chi connectivity index (χ1v) is 8.22. The van der Waals surface area contributed by atoms with Gasteiger partial charge in [-0.05, 0) is 26.0 Å². The molecule has 1 aromatic heterocycles. The van der Waals surface area contributed by atoms with Gasteiger partial charge in [0.1, 0.15) is 23.2 Å². The molecule has 0 aliphatic rings. The van der Waals surface area contributed by atoms with Crippen molar-refractivity contribution in [3.8, 4) is 5.75 Å². The molecule has 2 rings (SSSR count). The molecule has 0 fully saturated rings. The Morgan fingerprint density at radius 2 is 1.92 bits per heavy atom. The average Bonchev–Trinajstić information content (AvgIpc) is 2.58. The first-order valence-electron chi connectivity index (χ1n) is 8.22. The zero-order chi connectivity index (χ0) is 18.2. The molecule has 134 valence electrons. The van der Waals surface area contributed by atoms with Crippen LogP contribution < -0.4 is 20.3 Å². The molecule has 2 aromatic rings. The second kappa shape index (κ2) is 8.86. The van der Waals surface area contributed by atoms with E-state index in [1.165, 1.54) is 0 Å². The van der Waals surface area contributed by atoms with Crippen molar-refractivity contribution < 1.29 is 9.53 Å². The van der Waals surface area contributed by atoms with E-state index >= 15 is 0 Å². The standard InChI is InChI=1S/C18H25N5O2/c1-13(25-15-8-6-5-7-9-15)18(24)20-11-10-19-16-12-17(23(3)4)22-14(2)21-16/h5-9,12-13H,10-11H2,1-4H3,(H,20,24)(H,19,21,22). The van der Waals surface area contributed by atoms with Crippen molar-refractivity contribution in [1.29, 1.82) is 0 Å². The maximum Gasteiger partial charge on any atom is 0.260 e. The summed E-state index contributed by atoms with van der Waals surface area (Å²) in [6, 6.07) is 11.2. The van der Waals surface area contributed by atoms with E-state index in [1.807, 2.05) is 62.3 Å². The first-order chi connectivity index (χ1) is 12.0. The number of aryl methyl sites for hydroxylation is 1. The van der Waals surface area contributed by atoms with Gasteiger partial charge in [0.05, 0.1) is 0 Å². The number of nitrogens with zero attached hydrogens (tertiary/aromatic N) is 3. The molecular weight excluding hydrogens is 318 g/mol. The lowest BCUT2D eigenvalue weighted by atomic mass is 10.3. The number of carbonyl (C=O) groups excluding carboxylic acids is 1. The highest BCUT2D eigenvalue weighted by Crippen LogP contribution is 2.13. The van der Waals surface area contributed by atoms with Gasteiger partial charge in [-0.3, -0.25) is 4.79 Å². The fourth-order valence-electron chi connectivity index (χ4n) is 2.15. The van der Waals surface area contributed by atoms with Crippen molar-refractivity contribution in [3.63, 3.8) is 0 Å². The quantitative estimate of drug-likeness (QED) is 0.712. The molecule has 0 saturated carbocycles. The minimum atomic E-state index is -0.552. The van der Waals surface area contributed by atoms with Crippen molar-refractivity contribution in [3.05, 3.63) is 42.2 Å². The van der Waals surface area contributed by atoms with Crippen LogP contribution in [-0.4, -0.2) is 49.2 Å². The van der Waals surface area contributed by atoms with Crippen LogP contribution >= 0.6 is 0 Å². The summed E-state index contributed by atoms with van der Waals surface area (Å²) < 4.78 is 5.59. The van der Waals surface area contributed by atoms with E-state index in [-0.39, 0.29) is 5.91 Å². The number of para-hydroxylation sites is 1. The Morgan fingerprint density at radius 3 is 2.60 bits per heavy atom. The van der Waals surface area contributed by atoms with Crippen LogP contribution in [0.25, 0.3) is 0 Å². The van der Waals surface area contributed by atoms with Crippen LogP contribution in [-0.2, 0) is 4.79 Å². The zero-order valence-corrected chi connectivity index (χ0v) is 15.1. The van der Waals surface area contributed by atoms with E-state index in [2.05, 4.69) is 20.6 Å². The van der Waals surface area contributed by atoms with Crippen molar-refractivity contribution in [2.45, 2.75) is 20.0 Å². The molecule has 25 heavy (non-hydrogen) atoms. The number of rotatable bonds is 8. The summed E-state index contributed by atoms with van der Waals surface area (Å²) in [5, 5.41) is 6.04. The van der Waals surface area contributed by atoms with Gasteiger partial charge in [0.25, 0.3) is 5.91 Å². The molecular formula is C18H25N5O2. The lowest BCUT2D eigenvalue weighted by Crippen LogP contribution is -2.38. The Morgan fingerprint density at radius 1 is 1.20 bits per heavy atom. The van der Waals surface area contributed by atoms with Gasteiger partial charge in [-0.25, -0.2) is 9.97 Å². The van der Waals surface area contributed by atoms with Crippen LogP contribution in [0.4, 0.5) is 11.6 Å². The number of ether oxygens (including phenoxy) is 1. The number of anilines is 2. The molecule has 2 N–H and O–H groups in total. The number of hydrogen-bond donors (Lipinski definition) is 2. The molecule has 0 bridgehead atoms. The maximum absolute atomic E-state index is 12.1. The minimum absolute atomic E-state index is 0.154. The topological polar surface area (TPSA) is 79.4 Å². The first kappa shape index (κ1) is 18.5. The average molecular weight is 343 g/mol. The molecule has 7 nitrogen and oxygen atoms in total. The largest absolute Gasteiger partial charge is 0.481 e. The summed E-state index contributed by atoms with van der Waals surface area (Å²) in [5.74, 6) is 2.79. The number of nitrogens with one attached hydrogen (secondary N) is 2. The van der Waals surface area contributed by atoms with Crippen LogP contribution in [0.5, 0.6) is 5.75 Å². The van der Waals surface area contributed by atoms with Gasteiger partial charge in [0.15, 0.2) is 6.10 Å². The lowest BCUT2D eigenvalue weighted by Gasteiger charge is -2.16. The minimum Gasteiger partial charge on any atom is -0.481 e. The van der Waals surface area contributed by atoms with Crippen molar-refractivity contribution in [2.24, 2.45) is 0 Å². The number of carbonyl (C=O) groups is 1. The smallest absolute Gasteiger partial charge is 0.260 e. The summed E-state index contributed by atoms with van der Waals surface area (Å²) in [7, 11) is 3.86. The molecule has 0 radical (unpaired) electrons. The molecule has 1 heterocycles. The van der Waals surface area contributed by atoms with E-state index < -0.39 is 6.10 Å². The third-order valence-corrected chi connectivity index (χ3v) is 3.44. The molecule has 0 spiro atoms. The fraction of sp³-hybridized carbons (Fsp3) is 0.389. The summed E-state index contributed by atoms with van der Waals surface area (Å²) in [6.45, 7) is 4.62. The Kier molecular flexibility index (Phi) is 6.56. The third kappa shape index (κ3) is 5.95. The van der Waals surface area contributed by atoms with Crippen LogP contribution in [0.2, 0.25) is 0 Å². The van der Waals surface area contributed by atoms with E-state index in [9.17, 15) is 4.79 Å². The summed E-state index contributed by atoms with van der Waals surface area (Å²) in [6.07, 6.45) is -0.552. The van der Waals surface area contributed by atoms with Gasteiger partial charge in [-0.15, -0.1) is 0 Å². The van der Waals surface area contributed by atoms with Crippen molar-refractivity contribution >= 4 is 17.5 Å². The molecule has 0 aliphatic carbocycles. The van der Waals surface area contributed by atoms with Crippen LogP contribution in [0, 0.1) is 6.92 Å². The van der Waals surface area contributed by atoms with Crippen LogP contribution in [0.3, 0.4) is 0 Å². The van der Waals surface area contributed by atoms with Crippen molar-refractivity contribution in [1.82, 2.24) is 15.3 Å². The number of hydrogen-bond acceptors (Lipinski definition) is 6. The predicted molar refractivity (Wildman–Crippen MR) is 99.1 cm³/mol. The van der Waals surface area contributed by atoms with Crippen LogP contribution in [0.15, 0.2) is 36.4 Å². The fourth-order valence-corrected chi connectivity index (χ4v) is 2.15. The molecule has 7 heteroatoms. The number of benzene rings is 1. The van der Waals surface area contributed by atoms with Gasteiger partial charge in [0, 0.05) is 33.3 Å². The maximum atomic E-state index is 12.1. The summed E-state index contributed by atoms with van der Waals surface area (Å²) in [4.78, 5) is 22.7. The molecule has 1 aromatic carbocycles. The summed E-state index contributed by atoms with van der Waals surface area (Å²) in [5.41, 5.74) is 0. The van der Waals surface area contributed by atoms with Crippen molar-refractivity contribution in [2.75, 3.05) is 37.4 Å². The lowest BCUT2D eigenvalue weighted by molar-refractivity contribution is -0.127. The SMILES string of the molecule is Cc1nc(NCCNC(=O)C(C)Oc2ccccc2)cc(N(C)C)n1. The Labute approximate surface area is 148 Å². The Hall–Kier alpha value is -2.83. The Bertz CT molecular complexity index is 691. The number of amides is 1. The van der Waals surface area contributed by atoms with E-state index in [1.54, 1.807) is 6.92 Å². The second-order valence-corrected chi connectivity index (χ2v) is 5.84. The third-order valence-electron chi connectivity index (χ3n) is 3.44. The summed E-state index contributed by atoms with van der Waals surface area (Å²) >= 11 is 0. The highest BCUT2D eigenvalue weighted by molar-refractivity contribution is 5.80. The predicted octanol–water partition coefficient (Wildman–Crippen LogP) is 1.85. The van der Waals surface area contributed by atoms with Crippen LogP contribution in [0.1, 0.15) is 12.7 Å². The second-order valence-electron chi connectivity index (χ2n) is 5.84. The molecule has 1 atom stereocenters. The molecule has 0 aliphatic heterocycles. The van der Waals surface area contributed by atoms with Gasteiger partial charge in [-0.1, -0.05) is 18.2 Å². The number of aromatic nitrogens is 2. The monoisotopic (exact) mass is 343 g/mol. The molecule has 0 saturated heterocycles. The van der Waals surface area contributed by atoms with E-state index in [4.69, 9.17) is 4.74 Å². The molecule has 1 unspecified atom stereocenters. The zero-order valence-electron chi connectivity index (χ0n) is 15.1. The van der Waals surface area contributed by atoms with E-state index in [0.717, 1.165) is 11.6 Å². The highest BCUT2D eigenvalue weighted by atomic mass is 16.5. The molecule has 1 amide bonds. The Balaban J connectivity index is 1.76. The normalized spacial score (nSPS) is 11.5. The van der Waals surface area contributed by atoms with Gasteiger partial charge >= 0.3 is 0 Å². The highest BCUT2D eigenvalue weighted by Gasteiger charge is 2.13. The van der Waals surface area contributed by atoms with Gasteiger partial charge < -0.3 is 20.3 Å². The van der Waals surface area contributed by atoms with Gasteiger partial charge in [0.2, 0.25) is 0 Å². The van der Waals surface area contributed by atoms with Gasteiger partial charge in [-0.2, -0.15) is 0 Å².